The fourth-order valence-electron chi connectivity index (χ4n) is 2.82. The van der Waals surface area contributed by atoms with Gasteiger partial charge in [-0.25, -0.2) is 0 Å². The number of nitrogens with zero attached hydrogens (tertiary/aromatic N) is 2. The predicted molar refractivity (Wildman–Crippen MR) is 85.8 cm³/mol. The van der Waals surface area contributed by atoms with Crippen molar-refractivity contribution in [2.75, 3.05) is 13.7 Å². The molecule has 0 spiro atoms. The van der Waals surface area contributed by atoms with E-state index in [0.29, 0.717) is 17.8 Å². The van der Waals surface area contributed by atoms with E-state index in [1.165, 1.54) is 0 Å². The Bertz CT molecular complexity index is 619. The molecule has 1 atom stereocenters. The van der Waals surface area contributed by atoms with Gasteiger partial charge in [-0.1, -0.05) is 19.6 Å². The van der Waals surface area contributed by atoms with E-state index in [1.807, 2.05) is 30.2 Å². The number of aliphatic imine (C=N–C) groups is 1. The number of benzene rings is 1. The van der Waals surface area contributed by atoms with Gasteiger partial charge >= 0.3 is 0 Å². The van der Waals surface area contributed by atoms with E-state index in [0.717, 1.165) is 29.7 Å². The van der Waals surface area contributed by atoms with Crippen molar-refractivity contribution in [2.45, 2.75) is 33.2 Å². The second-order valence-electron chi connectivity index (χ2n) is 5.41. The number of piperidine rings is 1. The fourth-order valence-corrected chi connectivity index (χ4v) is 2.82. The molecule has 1 fully saturated rings. The lowest BCUT2D eigenvalue weighted by atomic mass is 9.98. The third-order valence-corrected chi connectivity index (χ3v) is 3.98. The van der Waals surface area contributed by atoms with E-state index >= 15 is 0 Å². The maximum atomic E-state index is 12.7. The predicted octanol–water partition coefficient (Wildman–Crippen LogP) is 3.52. The molecule has 4 heteroatoms. The third-order valence-electron chi connectivity index (χ3n) is 3.98. The Morgan fingerprint density at radius 1 is 1.43 bits per heavy atom. The molecule has 1 aromatic carbocycles. The van der Waals surface area contributed by atoms with Gasteiger partial charge < -0.3 is 9.64 Å². The Morgan fingerprint density at radius 3 is 2.90 bits per heavy atom. The minimum absolute atomic E-state index is 0. The first-order valence-electron chi connectivity index (χ1n) is 6.80. The summed E-state index contributed by atoms with van der Waals surface area (Å²) in [5.41, 5.74) is 3.40. The Morgan fingerprint density at radius 2 is 2.19 bits per heavy atom. The van der Waals surface area contributed by atoms with E-state index in [1.54, 1.807) is 7.11 Å². The largest absolute Gasteiger partial charge is 0.496 e. The number of hydrogen-bond donors (Lipinski definition) is 0. The van der Waals surface area contributed by atoms with Gasteiger partial charge in [0, 0.05) is 18.8 Å². The maximum Gasteiger partial charge on any atom is 0.256 e. The molecule has 4 nitrogen and oxygen atoms in total. The number of aryl methyl sites for hydroxylation is 1. The molecule has 0 bridgehead atoms. The minimum atomic E-state index is 0. The Hall–Kier alpha value is -2.10. The summed E-state index contributed by atoms with van der Waals surface area (Å²) in [6.07, 6.45) is 3.74. The van der Waals surface area contributed by atoms with Crippen molar-refractivity contribution in [1.29, 1.82) is 0 Å². The van der Waals surface area contributed by atoms with Crippen LogP contribution in [-0.4, -0.2) is 36.7 Å². The van der Waals surface area contributed by atoms with Gasteiger partial charge in [0.15, 0.2) is 0 Å². The average Bonchev–Trinajstić information content (AvgIpc) is 2.57. The Labute approximate surface area is 126 Å². The molecule has 0 radical (unpaired) electrons. The van der Waals surface area contributed by atoms with E-state index in [9.17, 15) is 4.79 Å². The lowest BCUT2D eigenvalue weighted by molar-refractivity contribution is 0.0722. The van der Waals surface area contributed by atoms with Crippen LogP contribution in [0.4, 0.5) is 5.69 Å². The van der Waals surface area contributed by atoms with Crippen molar-refractivity contribution in [2.24, 2.45) is 4.99 Å². The van der Waals surface area contributed by atoms with Crippen molar-refractivity contribution < 1.29 is 9.53 Å². The van der Waals surface area contributed by atoms with Gasteiger partial charge in [-0.05, 0) is 31.4 Å². The molecule has 21 heavy (non-hydrogen) atoms. The molecule has 1 saturated heterocycles. The summed E-state index contributed by atoms with van der Waals surface area (Å²) >= 11 is 0. The minimum Gasteiger partial charge on any atom is -0.496 e. The van der Waals surface area contributed by atoms with Gasteiger partial charge in [0.1, 0.15) is 5.75 Å². The lowest BCUT2D eigenvalue weighted by Crippen LogP contribution is -2.44. The summed E-state index contributed by atoms with van der Waals surface area (Å²) in [4.78, 5) is 19.1. The van der Waals surface area contributed by atoms with Crippen LogP contribution in [0.5, 0.6) is 5.75 Å². The summed E-state index contributed by atoms with van der Waals surface area (Å²) in [7, 11) is 1.63. The Balaban J connectivity index is 0.00000161. The molecule has 3 rings (SSSR count). The smallest absolute Gasteiger partial charge is 0.256 e. The highest BCUT2D eigenvalue weighted by Crippen LogP contribution is 2.33. The molecular formula is C17H22N2O2. The molecule has 0 aromatic heterocycles. The summed E-state index contributed by atoms with van der Waals surface area (Å²) in [5.74, 6) is 0.798. The number of carbonyl (C=O) groups excluding carboxylic acids is 1. The highest BCUT2D eigenvalue weighted by Gasteiger charge is 2.31. The molecular weight excluding hydrogens is 264 g/mol. The average molecular weight is 286 g/mol. The standard InChI is InChI=1S/C16H18N2O2.CH4/c1-10-4-5-12-8-17-14-7-15(20-3)11(2)6-13(14)16(19)18(12)9-10;/h6-8,12H,1,4-5,9H2,2-3H3;1H4/t12-;/m0./s1. The number of rotatable bonds is 1. The normalized spacial score (nSPS) is 20.3. The van der Waals surface area contributed by atoms with Crippen LogP contribution in [0.1, 0.15) is 36.2 Å². The first-order valence-corrected chi connectivity index (χ1v) is 6.80. The summed E-state index contributed by atoms with van der Waals surface area (Å²) in [6, 6.07) is 3.78. The monoisotopic (exact) mass is 286 g/mol. The summed E-state index contributed by atoms with van der Waals surface area (Å²) in [5, 5.41) is 0. The zero-order valence-electron chi connectivity index (χ0n) is 11.8. The first kappa shape index (κ1) is 15.3. The molecule has 2 heterocycles. The lowest BCUT2D eigenvalue weighted by Gasteiger charge is -2.33. The van der Waals surface area contributed by atoms with Crippen LogP contribution < -0.4 is 4.74 Å². The molecule has 1 amide bonds. The van der Waals surface area contributed by atoms with Gasteiger partial charge in [-0.3, -0.25) is 9.79 Å². The van der Waals surface area contributed by atoms with Crippen LogP contribution in [0.15, 0.2) is 29.3 Å². The van der Waals surface area contributed by atoms with Gasteiger partial charge in [-0.15, -0.1) is 0 Å². The molecule has 0 aliphatic carbocycles. The number of ether oxygens (including phenoxy) is 1. The second kappa shape index (κ2) is 5.72. The number of hydrogen-bond acceptors (Lipinski definition) is 3. The van der Waals surface area contributed by atoms with Gasteiger partial charge in [-0.2, -0.15) is 0 Å². The number of amides is 1. The summed E-state index contributed by atoms with van der Waals surface area (Å²) < 4.78 is 5.31. The highest BCUT2D eigenvalue weighted by molar-refractivity contribution is 6.03. The maximum absolute atomic E-state index is 12.7. The molecule has 0 N–H and O–H groups in total. The molecule has 2 aliphatic rings. The van der Waals surface area contributed by atoms with Gasteiger partial charge in [0.05, 0.1) is 24.4 Å². The zero-order chi connectivity index (χ0) is 14.3. The van der Waals surface area contributed by atoms with Gasteiger partial charge in [0.2, 0.25) is 0 Å². The van der Waals surface area contributed by atoms with Crippen molar-refractivity contribution in [3.63, 3.8) is 0 Å². The van der Waals surface area contributed by atoms with Crippen molar-refractivity contribution >= 4 is 17.8 Å². The van der Waals surface area contributed by atoms with Crippen LogP contribution in [0.2, 0.25) is 0 Å². The molecule has 0 unspecified atom stereocenters. The molecule has 0 saturated carbocycles. The van der Waals surface area contributed by atoms with Crippen LogP contribution in [0.3, 0.4) is 0 Å². The number of methoxy groups -OCH3 is 1. The fraction of sp³-hybridized carbons (Fsp3) is 0.412. The molecule has 2 aliphatic heterocycles. The molecule has 1 aromatic rings. The van der Waals surface area contributed by atoms with E-state index in [2.05, 4.69) is 11.6 Å². The molecule has 112 valence electrons. The van der Waals surface area contributed by atoms with E-state index in [-0.39, 0.29) is 19.4 Å². The SMILES string of the molecule is C.C=C1CC[C@H]2C=Nc3cc(OC)c(C)cc3C(=O)N2C1. The zero-order valence-corrected chi connectivity index (χ0v) is 11.8. The van der Waals surface area contributed by atoms with E-state index in [4.69, 9.17) is 4.74 Å². The third kappa shape index (κ3) is 2.58. The topological polar surface area (TPSA) is 41.9 Å². The van der Waals surface area contributed by atoms with E-state index < -0.39 is 0 Å². The van der Waals surface area contributed by atoms with Crippen LogP contribution in [0.25, 0.3) is 0 Å². The quantitative estimate of drug-likeness (QED) is 0.741. The van der Waals surface area contributed by atoms with Crippen LogP contribution >= 0.6 is 0 Å². The second-order valence-corrected chi connectivity index (χ2v) is 5.41. The number of fused-ring (bicyclic) bond motifs is 2. The summed E-state index contributed by atoms with van der Waals surface area (Å²) in [6.45, 7) is 6.58. The number of carbonyl (C=O) groups is 1. The van der Waals surface area contributed by atoms with Crippen molar-refractivity contribution in [1.82, 2.24) is 4.90 Å². The van der Waals surface area contributed by atoms with Crippen molar-refractivity contribution in [3.05, 3.63) is 35.4 Å². The van der Waals surface area contributed by atoms with Gasteiger partial charge in [0.25, 0.3) is 5.91 Å². The van der Waals surface area contributed by atoms with Crippen LogP contribution in [0, 0.1) is 6.92 Å². The Kier molecular flexibility index (Phi) is 4.16. The highest BCUT2D eigenvalue weighted by atomic mass is 16.5. The van der Waals surface area contributed by atoms with Crippen LogP contribution in [-0.2, 0) is 0 Å². The van der Waals surface area contributed by atoms with Crippen molar-refractivity contribution in [3.8, 4) is 5.75 Å². The first-order chi connectivity index (χ1) is 9.60.